The molecule has 2 atom stereocenters. The van der Waals surface area contributed by atoms with Crippen LogP contribution in [0.15, 0.2) is 17.6 Å². The summed E-state index contributed by atoms with van der Waals surface area (Å²) >= 11 is 0. The largest absolute Gasteiger partial charge is 0.373 e. The molecule has 1 fully saturated rings. The van der Waals surface area contributed by atoms with Crippen molar-refractivity contribution < 1.29 is 13.2 Å². The Bertz CT molecular complexity index is 511. The van der Waals surface area contributed by atoms with Crippen molar-refractivity contribution in [2.75, 3.05) is 46.0 Å². The third-order valence-electron chi connectivity index (χ3n) is 3.90. The van der Waals surface area contributed by atoms with Gasteiger partial charge in [-0.25, -0.2) is 8.42 Å². The summed E-state index contributed by atoms with van der Waals surface area (Å²) in [4.78, 5) is 6.20. The van der Waals surface area contributed by atoms with Crippen molar-refractivity contribution in [2.24, 2.45) is 4.99 Å². The number of hydrogen-bond acceptors (Lipinski definition) is 4. The molecule has 0 aromatic carbocycles. The van der Waals surface area contributed by atoms with Gasteiger partial charge >= 0.3 is 0 Å². The van der Waals surface area contributed by atoms with E-state index in [1.54, 1.807) is 7.05 Å². The van der Waals surface area contributed by atoms with E-state index in [0.717, 1.165) is 19.4 Å². The van der Waals surface area contributed by atoms with Crippen LogP contribution in [0.4, 0.5) is 0 Å². The minimum atomic E-state index is -3.30. The third-order valence-corrected chi connectivity index (χ3v) is 5.70. The number of morpholine rings is 1. The van der Waals surface area contributed by atoms with E-state index in [-0.39, 0.29) is 18.0 Å². The van der Waals surface area contributed by atoms with Crippen molar-refractivity contribution in [3.63, 3.8) is 0 Å². The van der Waals surface area contributed by atoms with Gasteiger partial charge in [0.1, 0.15) is 0 Å². The van der Waals surface area contributed by atoms with Gasteiger partial charge in [0.05, 0.1) is 18.0 Å². The molecule has 1 heterocycles. The molecule has 0 saturated carbocycles. The Morgan fingerprint density at radius 1 is 1.42 bits per heavy atom. The number of sulfonamides is 1. The highest BCUT2D eigenvalue weighted by molar-refractivity contribution is 7.89. The average Bonchev–Trinajstić information content (AvgIpc) is 2.50. The molecule has 0 aliphatic carbocycles. The molecule has 0 bridgehead atoms. The van der Waals surface area contributed by atoms with Gasteiger partial charge in [-0.1, -0.05) is 6.08 Å². The third kappa shape index (κ3) is 6.78. The zero-order valence-corrected chi connectivity index (χ0v) is 16.2. The minimum Gasteiger partial charge on any atom is -0.373 e. The van der Waals surface area contributed by atoms with Gasteiger partial charge in [-0.15, -0.1) is 6.58 Å². The topological polar surface area (TPSA) is 74.2 Å². The molecule has 0 spiro atoms. The van der Waals surface area contributed by atoms with E-state index >= 15 is 0 Å². The zero-order valence-electron chi connectivity index (χ0n) is 15.4. The first kappa shape index (κ1) is 20.9. The first-order valence-corrected chi connectivity index (χ1v) is 10.1. The molecule has 0 radical (unpaired) electrons. The summed E-state index contributed by atoms with van der Waals surface area (Å²) in [6.45, 7) is 9.53. The predicted molar refractivity (Wildman–Crippen MR) is 98.8 cm³/mol. The van der Waals surface area contributed by atoms with E-state index in [0.29, 0.717) is 25.6 Å². The summed E-state index contributed by atoms with van der Waals surface area (Å²) in [7, 11) is 0.348. The monoisotopic (exact) mass is 360 g/mol. The normalized spacial score (nSPS) is 23.1. The van der Waals surface area contributed by atoms with Gasteiger partial charge < -0.3 is 15.0 Å². The highest BCUT2D eigenvalue weighted by Crippen LogP contribution is 2.14. The molecular weight excluding hydrogens is 328 g/mol. The molecule has 8 heteroatoms. The Balaban J connectivity index is 2.47. The van der Waals surface area contributed by atoms with E-state index in [4.69, 9.17) is 4.74 Å². The van der Waals surface area contributed by atoms with Crippen molar-refractivity contribution in [2.45, 2.75) is 38.9 Å². The number of nitrogens with zero attached hydrogens (tertiary/aromatic N) is 3. The maximum absolute atomic E-state index is 12.5. The van der Waals surface area contributed by atoms with Gasteiger partial charge in [-0.2, -0.15) is 4.31 Å². The van der Waals surface area contributed by atoms with Crippen molar-refractivity contribution in [1.29, 1.82) is 0 Å². The van der Waals surface area contributed by atoms with Crippen LogP contribution in [0.25, 0.3) is 0 Å². The Labute approximate surface area is 146 Å². The lowest BCUT2D eigenvalue weighted by molar-refractivity contribution is -0.0440. The summed E-state index contributed by atoms with van der Waals surface area (Å²) < 4.78 is 32.1. The van der Waals surface area contributed by atoms with E-state index in [1.165, 1.54) is 4.31 Å². The van der Waals surface area contributed by atoms with Gasteiger partial charge in [0.2, 0.25) is 10.0 Å². The molecular formula is C16H32N4O3S. The van der Waals surface area contributed by atoms with Crippen LogP contribution in [-0.4, -0.2) is 81.8 Å². The van der Waals surface area contributed by atoms with Crippen molar-refractivity contribution in [3.8, 4) is 0 Å². The average molecular weight is 361 g/mol. The smallest absolute Gasteiger partial charge is 0.216 e. The maximum Gasteiger partial charge on any atom is 0.216 e. The number of aliphatic imine (C=N–C) groups is 1. The van der Waals surface area contributed by atoms with Crippen LogP contribution in [0.3, 0.4) is 0 Å². The second kappa shape index (κ2) is 10.0. The summed E-state index contributed by atoms with van der Waals surface area (Å²) in [5.41, 5.74) is 0. The SMILES string of the molecule is C=CCCCN(C)C(=NC)NCCS(=O)(=O)N1CC(C)OC(C)C1. The molecule has 140 valence electrons. The number of unbranched alkanes of at least 4 members (excludes halogenated alkanes) is 1. The zero-order chi connectivity index (χ0) is 18.2. The van der Waals surface area contributed by atoms with Crippen LogP contribution >= 0.6 is 0 Å². The number of ether oxygens (including phenoxy) is 1. The van der Waals surface area contributed by atoms with Crippen LogP contribution in [0.1, 0.15) is 26.7 Å². The Hall–Kier alpha value is -1.12. The molecule has 2 unspecified atom stereocenters. The quantitative estimate of drug-likeness (QED) is 0.301. The maximum atomic E-state index is 12.5. The lowest BCUT2D eigenvalue weighted by Crippen LogP contribution is -2.50. The molecule has 1 aliphatic heterocycles. The molecule has 7 nitrogen and oxygen atoms in total. The minimum absolute atomic E-state index is 0.0476. The Morgan fingerprint density at radius 2 is 2.04 bits per heavy atom. The fourth-order valence-corrected chi connectivity index (χ4v) is 4.23. The van der Waals surface area contributed by atoms with E-state index in [1.807, 2.05) is 31.9 Å². The van der Waals surface area contributed by atoms with Crippen LogP contribution in [0.5, 0.6) is 0 Å². The lowest BCUT2D eigenvalue weighted by atomic mass is 10.3. The van der Waals surface area contributed by atoms with Gasteiger partial charge in [0.25, 0.3) is 0 Å². The molecule has 24 heavy (non-hydrogen) atoms. The lowest BCUT2D eigenvalue weighted by Gasteiger charge is -2.34. The van der Waals surface area contributed by atoms with Gasteiger partial charge in [-0.3, -0.25) is 4.99 Å². The van der Waals surface area contributed by atoms with Crippen LogP contribution in [0, 0.1) is 0 Å². The number of rotatable bonds is 8. The number of hydrogen-bond donors (Lipinski definition) is 1. The second-order valence-electron chi connectivity index (χ2n) is 6.22. The Kier molecular flexibility index (Phi) is 8.72. The van der Waals surface area contributed by atoms with Gasteiger partial charge in [0.15, 0.2) is 5.96 Å². The summed E-state index contributed by atoms with van der Waals surface area (Å²) in [5, 5.41) is 3.13. The molecule has 1 rings (SSSR count). The molecule has 0 amide bonds. The summed E-state index contributed by atoms with van der Waals surface area (Å²) in [6.07, 6.45) is 3.69. The van der Waals surface area contributed by atoms with Crippen LogP contribution in [-0.2, 0) is 14.8 Å². The first-order valence-electron chi connectivity index (χ1n) is 8.46. The number of allylic oxidation sites excluding steroid dienone is 1. The van der Waals surface area contributed by atoms with E-state index in [9.17, 15) is 8.42 Å². The van der Waals surface area contributed by atoms with Gasteiger partial charge in [0, 0.05) is 40.3 Å². The number of guanidine groups is 1. The number of nitrogens with one attached hydrogen (secondary N) is 1. The van der Waals surface area contributed by atoms with E-state index in [2.05, 4.69) is 16.9 Å². The fourth-order valence-electron chi connectivity index (χ4n) is 2.74. The van der Waals surface area contributed by atoms with Crippen molar-refractivity contribution in [1.82, 2.24) is 14.5 Å². The predicted octanol–water partition coefficient (Wildman–Crippen LogP) is 0.899. The Morgan fingerprint density at radius 3 is 2.58 bits per heavy atom. The van der Waals surface area contributed by atoms with Crippen LogP contribution < -0.4 is 5.32 Å². The molecule has 0 aromatic rings. The second-order valence-corrected chi connectivity index (χ2v) is 8.31. The van der Waals surface area contributed by atoms with Gasteiger partial charge in [-0.05, 0) is 26.7 Å². The highest BCUT2D eigenvalue weighted by Gasteiger charge is 2.30. The summed E-state index contributed by atoms with van der Waals surface area (Å²) in [6, 6.07) is 0. The first-order chi connectivity index (χ1) is 11.3. The van der Waals surface area contributed by atoms with Crippen molar-refractivity contribution in [3.05, 3.63) is 12.7 Å². The molecule has 0 aromatic heterocycles. The molecule has 1 aliphatic rings. The van der Waals surface area contributed by atoms with E-state index < -0.39 is 10.0 Å². The highest BCUT2D eigenvalue weighted by atomic mass is 32.2. The molecule has 1 N–H and O–H groups in total. The van der Waals surface area contributed by atoms with Crippen molar-refractivity contribution >= 4 is 16.0 Å². The molecule has 1 saturated heterocycles. The standard InChI is InChI=1S/C16H32N4O3S/c1-6-7-8-10-19(5)16(17-4)18-9-11-24(21,22)20-12-14(2)23-15(3)13-20/h6,14-15H,1,7-13H2,2-5H3,(H,17,18). The van der Waals surface area contributed by atoms with Crippen LogP contribution in [0.2, 0.25) is 0 Å². The summed E-state index contributed by atoms with van der Waals surface area (Å²) in [5.74, 6) is 0.754. The fraction of sp³-hybridized carbons (Fsp3) is 0.812.